The SMILES string of the molecule is CCCCC(O)N(C(C)=O)c1ccc(-c2cccnc2)oc1=O. The van der Waals surface area contributed by atoms with Gasteiger partial charge in [-0.05, 0) is 37.1 Å². The Hall–Kier alpha value is -2.47. The van der Waals surface area contributed by atoms with E-state index >= 15 is 0 Å². The summed E-state index contributed by atoms with van der Waals surface area (Å²) in [5.41, 5.74) is 0.0305. The van der Waals surface area contributed by atoms with Crippen molar-refractivity contribution in [2.24, 2.45) is 0 Å². The number of nitrogens with zero attached hydrogens (tertiary/aromatic N) is 2. The zero-order chi connectivity index (χ0) is 16.8. The highest BCUT2D eigenvalue weighted by Crippen LogP contribution is 2.21. The third-order valence-electron chi connectivity index (χ3n) is 3.46. The molecule has 1 atom stereocenters. The van der Waals surface area contributed by atoms with E-state index in [1.54, 1.807) is 30.6 Å². The average molecular weight is 316 g/mol. The van der Waals surface area contributed by atoms with Gasteiger partial charge in [0.25, 0.3) is 0 Å². The molecule has 0 fully saturated rings. The van der Waals surface area contributed by atoms with Gasteiger partial charge in [0.1, 0.15) is 17.7 Å². The molecular weight excluding hydrogens is 296 g/mol. The van der Waals surface area contributed by atoms with Crippen LogP contribution in [0.3, 0.4) is 0 Å². The number of carbonyl (C=O) groups is 1. The van der Waals surface area contributed by atoms with E-state index in [0.717, 1.165) is 17.7 Å². The summed E-state index contributed by atoms with van der Waals surface area (Å²) in [6, 6.07) is 6.59. The van der Waals surface area contributed by atoms with Gasteiger partial charge in [0, 0.05) is 24.9 Å². The van der Waals surface area contributed by atoms with Gasteiger partial charge in [0.15, 0.2) is 0 Å². The quantitative estimate of drug-likeness (QED) is 0.828. The van der Waals surface area contributed by atoms with E-state index in [9.17, 15) is 14.7 Å². The van der Waals surface area contributed by atoms with Gasteiger partial charge in [-0.25, -0.2) is 4.79 Å². The zero-order valence-electron chi connectivity index (χ0n) is 13.2. The summed E-state index contributed by atoms with van der Waals surface area (Å²) in [4.78, 5) is 29.1. The summed E-state index contributed by atoms with van der Waals surface area (Å²) < 4.78 is 5.28. The number of hydrogen-bond donors (Lipinski definition) is 1. The number of aliphatic hydroxyl groups is 1. The van der Waals surface area contributed by atoms with E-state index in [4.69, 9.17) is 4.42 Å². The Morgan fingerprint density at radius 2 is 2.17 bits per heavy atom. The molecule has 2 rings (SSSR count). The maximum Gasteiger partial charge on any atom is 0.360 e. The minimum absolute atomic E-state index is 0.0359. The summed E-state index contributed by atoms with van der Waals surface area (Å²) in [6.45, 7) is 3.30. The first kappa shape index (κ1) is 16.9. The van der Waals surface area contributed by atoms with Crippen LogP contribution < -0.4 is 10.5 Å². The van der Waals surface area contributed by atoms with E-state index in [2.05, 4.69) is 4.98 Å². The number of amides is 1. The minimum Gasteiger partial charge on any atom is -0.421 e. The molecule has 6 nitrogen and oxygen atoms in total. The molecule has 2 heterocycles. The molecular formula is C17H20N2O4. The van der Waals surface area contributed by atoms with Crippen molar-refractivity contribution in [3.63, 3.8) is 0 Å². The molecule has 0 aliphatic carbocycles. The normalized spacial score (nSPS) is 12.0. The Balaban J connectivity index is 2.34. The van der Waals surface area contributed by atoms with Crippen LogP contribution in [0, 0.1) is 0 Å². The van der Waals surface area contributed by atoms with Crippen LogP contribution in [0.5, 0.6) is 0 Å². The Bertz CT molecular complexity index is 712. The lowest BCUT2D eigenvalue weighted by molar-refractivity contribution is -0.118. The topological polar surface area (TPSA) is 83.6 Å². The molecule has 1 unspecified atom stereocenters. The molecule has 2 aromatic heterocycles. The fourth-order valence-corrected chi connectivity index (χ4v) is 2.31. The summed E-state index contributed by atoms with van der Waals surface area (Å²) in [7, 11) is 0. The molecule has 0 saturated heterocycles. The number of carbonyl (C=O) groups excluding carboxylic acids is 1. The van der Waals surface area contributed by atoms with Crippen molar-refractivity contribution in [2.75, 3.05) is 4.90 Å². The summed E-state index contributed by atoms with van der Waals surface area (Å²) in [6.07, 6.45) is 4.20. The van der Waals surface area contributed by atoms with Gasteiger partial charge in [0.05, 0.1) is 0 Å². The van der Waals surface area contributed by atoms with E-state index in [0.29, 0.717) is 17.7 Å². The highest BCUT2D eigenvalue weighted by molar-refractivity contribution is 5.91. The lowest BCUT2D eigenvalue weighted by atomic mass is 10.2. The Morgan fingerprint density at radius 3 is 2.74 bits per heavy atom. The number of anilines is 1. The van der Waals surface area contributed by atoms with Gasteiger partial charge in [-0.1, -0.05) is 13.3 Å². The van der Waals surface area contributed by atoms with Gasteiger partial charge in [-0.2, -0.15) is 0 Å². The molecule has 6 heteroatoms. The first-order valence-corrected chi connectivity index (χ1v) is 7.57. The van der Waals surface area contributed by atoms with E-state index < -0.39 is 17.8 Å². The van der Waals surface area contributed by atoms with Crippen molar-refractivity contribution in [2.45, 2.75) is 39.3 Å². The Labute approximate surface area is 134 Å². The van der Waals surface area contributed by atoms with Gasteiger partial charge in [0.2, 0.25) is 5.91 Å². The van der Waals surface area contributed by atoms with Crippen molar-refractivity contribution >= 4 is 11.6 Å². The monoisotopic (exact) mass is 316 g/mol. The molecule has 0 radical (unpaired) electrons. The molecule has 2 aromatic rings. The molecule has 0 spiro atoms. The standard InChI is InChI=1S/C17H20N2O4/c1-3-4-7-16(21)19(12(2)20)14-8-9-15(23-17(14)22)13-6-5-10-18-11-13/h5-6,8-11,16,21H,3-4,7H2,1-2H3. The van der Waals surface area contributed by atoms with Gasteiger partial charge < -0.3 is 9.52 Å². The van der Waals surface area contributed by atoms with Crippen molar-refractivity contribution in [3.05, 3.63) is 47.1 Å². The van der Waals surface area contributed by atoms with E-state index in [-0.39, 0.29) is 5.69 Å². The third-order valence-corrected chi connectivity index (χ3v) is 3.46. The maximum atomic E-state index is 12.2. The van der Waals surface area contributed by atoms with Crippen LogP contribution in [0.2, 0.25) is 0 Å². The fourth-order valence-electron chi connectivity index (χ4n) is 2.31. The van der Waals surface area contributed by atoms with Crippen LogP contribution in [0.4, 0.5) is 5.69 Å². The summed E-state index contributed by atoms with van der Waals surface area (Å²) in [5, 5.41) is 10.2. The smallest absolute Gasteiger partial charge is 0.360 e. The number of rotatable bonds is 6. The highest BCUT2D eigenvalue weighted by Gasteiger charge is 2.23. The molecule has 23 heavy (non-hydrogen) atoms. The lowest BCUT2D eigenvalue weighted by Crippen LogP contribution is -2.41. The van der Waals surface area contributed by atoms with Crippen LogP contribution in [-0.2, 0) is 4.79 Å². The van der Waals surface area contributed by atoms with Crippen LogP contribution in [0.15, 0.2) is 45.9 Å². The lowest BCUT2D eigenvalue weighted by Gasteiger charge is -2.25. The number of hydrogen-bond acceptors (Lipinski definition) is 5. The predicted octanol–water partition coefficient (Wildman–Crippen LogP) is 2.56. The minimum atomic E-state index is -1.04. The Kier molecular flexibility index (Phi) is 5.65. The molecule has 0 aliphatic rings. The van der Waals surface area contributed by atoms with Crippen molar-refractivity contribution in [3.8, 4) is 11.3 Å². The first-order valence-electron chi connectivity index (χ1n) is 7.57. The van der Waals surface area contributed by atoms with Crippen LogP contribution >= 0.6 is 0 Å². The third kappa shape index (κ3) is 4.04. The van der Waals surface area contributed by atoms with E-state index in [1.807, 2.05) is 6.92 Å². The molecule has 1 N–H and O–H groups in total. The zero-order valence-corrected chi connectivity index (χ0v) is 13.2. The van der Waals surface area contributed by atoms with Crippen LogP contribution in [-0.4, -0.2) is 22.2 Å². The van der Waals surface area contributed by atoms with Gasteiger partial charge in [-0.15, -0.1) is 0 Å². The van der Waals surface area contributed by atoms with Crippen molar-refractivity contribution in [1.29, 1.82) is 0 Å². The van der Waals surface area contributed by atoms with Crippen molar-refractivity contribution in [1.82, 2.24) is 4.98 Å². The fraction of sp³-hybridized carbons (Fsp3) is 0.353. The van der Waals surface area contributed by atoms with Crippen molar-refractivity contribution < 1.29 is 14.3 Å². The van der Waals surface area contributed by atoms with Gasteiger partial charge >= 0.3 is 5.63 Å². The number of unbranched alkanes of at least 4 members (excludes halogenated alkanes) is 1. The maximum absolute atomic E-state index is 12.2. The first-order chi connectivity index (χ1) is 11.0. The molecule has 0 aromatic carbocycles. The second kappa shape index (κ2) is 7.69. The second-order valence-corrected chi connectivity index (χ2v) is 5.23. The van der Waals surface area contributed by atoms with E-state index in [1.165, 1.54) is 13.0 Å². The number of pyridine rings is 1. The highest BCUT2D eigenvalue weighted by atomic mass is 16.4. The molecule has 122 valence electrons. The average Bonchev–Trinajstić information content (AvgIpc) is 2.55. The molecule has 0 aliphatic heterocycles. The van der Waals surface area contributed by atoms with Crippen LogP contribution in [0.25, 0.3) is 11.3 Å². The van der Waals surface area contributed by atoms with Crippen LogP contribution in [0.1, 0.15) is 33.1 Å². The number of aromatic nitrogens is 1. The predicted molar refractivity (Wildman–Crippen MR) is 86.9 cm³/mol. The molecule has 0 bridgehead atoms. The summed E-state index contributed by atoms with van der Waals surface area (Å²) >= 11 is 0. The largest absolute Gasteiger partial charge is 0.421 e. The Morgan fingerprint density at radius 1 is 1.39 bits per heavy atom. The second-order valence-electron chi connectivity index (χ2n) is 5.23. The summed E-state index contributed by atoms with van der Waals surface area (Å²) in [5.74, 6) is -0.0477. The van der Waals surface area contributed by atoms with Gasteiger partial charge in [-0.3, -0.25) is 14.7 Å². The molecule has 0 saturated carbocycles. The molecule has 1 amide bonds. The number of aliphatic hydroxyl groups excluding tert-OH is 1.